The third-order valence-electron chi connectivity index (χ3n) is 5.59. The SMILES string of the molecule is CCCCCCC(=Nc1cc(C)cc(C)c1)C(CCCC)=Nc1ccc(C)c(C)c1. The standard InChI is InChI=1S/C28H40N2/c1-7-9-11-12-14-28(30-26-18-21(3)17-22(4)19-26)27(13-10-8-2)29-25-16-15-23(5)24(6)20-25/h15-20H,7-14H2,1-6H3. The third-order valence-corrected chi connectivity index (χ3v) is 5.59. The summed E-state index contributed by atoms with van der Waals surface area (Å²) in [5.74, 6) is 0. The highest BCUT2D eigenvalue weighted by Crippen LogP contribution is 2.22. The van der Waals surface area contributed by atoms with E-state index < -0.39 is 0 Å². The maximum atomic E-state index is 5.15. The Kier molecular flexibility index (Phi) is 10.00. The maximum Gasteiger partial charge on any atom is 0.0639 e. The molecule has 30 heavy (non-hydrogen) atoms. The second kappa shape index (κ2) is 12.5. The molecule has 0 saturated carbocycles. The molecule has 2 rings (SSSR count). The average molecular weight is 405 g/mol. The Hall–Kier alpha value is -2.22. The van der Waals surface area contributed by atoms with Crippen molar-refractivity contribution in [3.8, 4) is 0 Å². The summed E-state index contributed by atoms with van der Waals surface area (Å²) in [4.78, 5) is 10.3. The van der Waals surface area contributed by atoms with Crippen molar-refractivity contribution in [1.82, 2.24) is 0 Å². The number of unbranched alkanes of at least 4 members (excludes halogenated alkanes) is 4. The van der Waals surface area contributed by atoms with Crippen molar-refractivity contribution in [3.63, 3.8) is 0 Å². The van der Waals surface area contributed by atoms with E-state index >= 15 is 0 Å². The Labute approximate surface area is 184 Å². The van der Waals surface area contributed by atoms with Crippen LogP contribution in [0.25, 0.3) is 0 Å². The lowest BCUT2D eigenvalue weighted by Crippen LogP contribution is -2.14. The van der Waals surface area contributed by atoms with Gasteiger partial charge in [-0.25, -0.2) is 0 Å². The van der Waals surface area contributed by atoms with Crippen LogP contribution in [0.3, 0.4) is 0 Å². The van der Waals surface area contributed by atoms with Crippen molar-refractivity contribution in [2.75, 3.05) is 0 Å². The number of nitrogens with zero attached hydrogens (tertiary/aromatic N) is 2. The van der Waals surface area contributed by atoms with Gasteiger partial charge < -0.3 is 0 Å². The molecular formula is C28H40N2. The van der Waals surface area contributed by atoms with Gasteiger partial charge in [0, 0.05) is 0 Å². The van der Waals surface area contributed by atoms with Crippen molar-refractivity contribution in [2.24, 2.45) is 9.98 Å². The summed E-state index contributed by atoms with van der Waals surface area (Å²) in [6.07, 6.45) is 9.27. The van der Waals surface area contributed by atoms with E-state index in [1.54, 1.807) is 0 Å². The van der Waals surface area contributed by atoms with E-state index in [0.29, 0.717) is 0 Å². The molecule has 2 aromatic rings. The molecule has 0 unspecified atom stereocenters. The first-order valence-electron chi connectivity index (χ1n) is 11.7. The number of benzene rings is 2. The summed E-state index contributed by atoms with van der Waals surface area (Å²) in [5, 5.41) is 0. The molecule has 162 valence electrons. The minimum atomic E-state index is 0.987. The van der Waals surface area contributed by atoms with Crippen LogP contribution in [0.5, 0.6) is 0 Å². The molecule has 2 nitrogen and oxygen atoms in total. The molecule has 2 aromatic carbocycles. The third kappa shape index (κ3) is 7.89. The molecule has 0 heterocycles. The fourth-order valence-electron chi connectivity index (χ4n) is 3.71. The Morgan fingerprint density at radius 3 is 1.80 bits per heavy atom. The zero-order valence-electron chi connectivity index (χ0n) is 20.0. The minimum absolute atomic E-state index is 0.987. The second-order valence-corrected chi connectivity index (χ2v) is 8.65. The van der Waals surface area contributed by atoms with E-state index in [-0.39, 0.29) is 0 Å². The van der Waals surface area contributed by atoms with Crippen LogP contribution in [-0.2, 0) is 0 Å². The smallest absolute Gasteiger partial charge is 0.0639 e. The van der Waals surface area contributed by atoms with Crippen molar-refractivity contribution in [3.05, 3.63) is 58.7 Å². The van der Waals surface area contributed by atoms with Gasteiger partial charge >= 0.3 is 0 Å². The zero-order valence-corrected chi connectivity index (χ0v) is 20.0. The molecule has 0 fully saturated rings. The summed E-state index contributed by atoms with van der Waals surface area (Å²) in [6.45, 7) is 13.1. The van der Waals surface area contributed by atoms with E-state index in [1.165, 1.54) is 60.1 Å². The first kappa shape index (κ1) is 24.1. The van der Waals surface area contributed by atoms with Crippen LogP contribution in [0.1, 0.15) is 87.5 Å². The molecule has 0 bridgehead atoms. The van der Waals surface area contributed by atoms with Crippen LogP contribution in [0, 0.1) is 27.7 Å². The second-order valence-electron chi connectivity index (χ2n) is 8.65. The van der Waals surface area contributed by atoms with Gasteiger partial charge in [0.15, 0.2) is 0 Å². The molecule has 0 radical (unpaired) electrons. The number of hydrogen-bond acceptors (Lipinski definition) is 2. The predicted molar refractivity (Wildman–Crippen MR) is 134 cm³/mol. The largest absolute Gasteiger partial charge is 0.252 e. The van der Waals surface area contributed by atoms with Crippen molar-refractivity contribution < 1.29 is 0 Å². The minimum Gasteiger partial charge on any atom is -0.252 e. The van der Waals surface area contributed by atoms with E-state index in [1.807, 2.05) is 0 Å². The topological polar surface area (TPSA) is 24.7 Å². The van der Waals surface area contributed by atoms with Gasteiger partial charge in [0.1, 0.15) is 0 Å². The van der Waals surface area contributed by atoms with Crippen LogP contribution >= 0.6 is 0 Å². The number of hydrogen-bond donors (Lipinski definition) is 0. The molecule has 0 aliphatic carbocycles. The molecule has 0 spiro atoms. The number of rotatable bonds is 11. The fourth-order valence-corrected chi connectivity index (χ4v) is 3.71. The van der Waals surface area contributed by atoms with Gasteiger partial charge in [0.05, 0.1) is 22.8 Å². The van der Waals surface area contributed by atoms with Crippen molar-refractivity contribution in [1.29, 1.82) is 0 Å². The highest BCUT2D eigenvalue weighted by atomic mass is 14.8. The Balaban J connectivity index is 2.45. The summed E-state index contributed by atoms with van der Waals surface area (Å²) in [6, 6.07) is 13.1. The van der Waals surface area contributed by atoms with Crippen LogP contribution in [0.4, 0.5) is 11.4 Å². The monoisotopic (exact) mass is 404 g/mol. The molecule has 0 atom stereocenters. The lowest BCUT2D eigenvalue weighted by molar-refractivity contribution is 0.683. The zero-order chi connectivity index (χ0) is 21.9. The van der Waals surface area contributed by atoms with Gasteiger partial charge in [-0.15, -0.1) is 0 Å². The Morgan fingerprint density at radius 1 is 0.600 bits per heavy atom. The fraction of sp³-hybridized carbons (Fsp3) is 0.500. The van der Waals surface area contributed by atoms with Crippen molar-refractivity contribution >= 4 is 22.8 Å². The van der Waals surface area contributed by atoms with E-state index in [2.05, 4.69) is 77.9 Å². The summed E-state index contributed by atoms with van der Waals surface area (Å²) < 4.78 is 0. The van der Waals surface area contributed by atoms with Gasteiger partial charge in [-0.05, 0) is 99.9 Å². The first-order chi connectivity index (χ1) is 14.4. The highest BCUT2D eigenvalue weighted by molar-refractivity contribution is 6.43. The molecule has 0 aliphatic rings. The van der Waals surface area contributed by atoms with Crippen LogP contribution in [-0.4, -0.2) is 11.4 Å². The molecule has 0 aromatic heterocycles. The van der Waals surface area contributed by atoms with Gasteiger partial charge in [0.25, 0.3) is 0 Å². The summed E-state index contributed by atoms with van der Waals surface area (Å²) in [7, 11) is 0. The predicted octanol–water partition coefficient (Wildman–Crippen LogP) is 8.93. The first-order valence-corrected chi connectivity index (χ1v) is 11.7. The van der Waals surface area contributed by atoms with Crippen molar-refractivity contribution in [2.45, 2.75) is 92.9 Å². The van der Waals surface area contributed by atoms with Gasteiger partial charge in [-0.3, -0.25) is 9.98 Å². The highest BCUT2D eigenvalue weighted by Gasteiger charge is 2.11. The van der Waals surface area contributed by atoms with Crippen LogP contribution < -0.4 is 0 Å². The molecule has 0 N–H and O–H groups in total. The number of aryl methyl sites for hydroxylation is 4. The molecule has 0 saturated heterocycles. The molecule has 2 heteroatoms. The summed E-state index contributed by atoms with van der Waals surface area (Å²) >= 11 is 0. The van der Waals surface area contributed by atoms with Crippen LogP contribution in [0.2, 0.25) is 0 Å². The van der Waals surface area contributed by atoms with Crippen LogP contribution in [0.15, 0.2) is 46.4 Å². The van der Waals surface area contributed by atoms with Gasteiger partial charge in [-0.2, -0.15) is 0 Å². The normalized spacial score (nSPS) is 12.5. The lowest BCUT2D eigenvalue weighted by atomic mass is 10.0. The molecular weight excluding hydrogens is 364 g/mol. The van der Waals surface area contributed by atoms with Gasteiger partial charge in [-0.1, -0.05) is 51.7 Å². The quantitative estimate of drug-likeness (QED) is 0.264. The average Bonchev–Trinajstić information content (AvgIpc) is 2.69. The van der Waals surface area contributed by atoms with E-state index in [9.17, 15) is 0 Å². The lowest BCUT2D eigenvalue weighted by Gasteiger charge is -2.12. The number of aliphatic imine (C=N–C) groups is 2. The molecule has 0 amide bonds. The Bertz CT molecular complexity index is 854. The van der Waals surface area contributed by atoms with E-state index in [4.69, 9.17) is 9.98 Å². The van der Waals surface area contributed by atoms with E-state index in [0.717, 1.165) is 36.3 Å². The Morgan fingerprint density at radius 2 is 1.20 bits per heavy atom. The maximum absolute atomic E-state index is 5.15. The summed E-state index contributed by atoms with van der Waals surface area (Å²) in [5.41, 5.74) is 9.57. The van der Waals surface area contributed by atoms with Gasteiger partial charge in [0.2, 0.25) is 0 Å². The molecule has 0 aliphatic heterocycles.